The van der Waals surface area contributed by atoms with Crippen LogP contribution >= 0.6 is 0 Å². The summed E-state index contributed by atoms with van der Waals surface area (Å²) in [5.74, 6) is 0.129. The van der Waals surface area contributed by atoms with Gasteiger partial charge < -0.3 is 0 Å². The van der Waals surface area contributed by atoms with Crippen molar-refractivity contribution in [3.63, 3.8) is 0 Å². The maximum atomic E-state index is 11.3. The van der Waals surface area contributed by atoms with Crippen molar-refractivity contribution in [1.82, 2.24) is 0 Å². The Morgan fingerprint density at radius 3 is 2.44 bits per heavy atom. The lowest BCUT2D eigenvalue weighted by atomic mass is 10.0. The van der Waals surface area contributed by atoms with Crippen LogP contribution in [0, 0.1) is 0 Å². The van der Waals surface area contributed by atoms with Gasteiger partial charge in [-0.15, -0.1) is 0 Å². The second kappa shape index (κ2) is 5.81. The van der Waals surface area contributed by atoms with Gasteiger partial charge in [-0.2, -0.15) is 0 Å². The summed E-state index contributed by atoms with van der Waals surface area (Å²) in [7, 11) is 0. The molecule has 0 aliphatic carbocycles. The van der Waals surface area contributed by atoms with Crippen LogP contribution in [-0.4, -0.2) is 5.78 Å². The zero-order valence-electron chi connectivity index (χ0n) is 11.2. The van der Waals surface area contributed by atoms with E-state index in [-0.39, 0.29) is 5.78 Å². The van der Waals surface area contributed by atoms with Crippen LogP contribution in [0.1, 0.15) is 49.0 Å². The molecule has 0 N–H and O–H groups in total. The Labute approximate surface area is 109 Å². The predicted octanol–water partition coefficient (Wildman–Crippen LogP) is 4.78. The second-order valence-electron chi connectivity index (χ2n) is 4.91. The van der Waals surface area contributed by atoms with Crippen molar-refractivity contribution in [3.05, 3.63) is 47.5 Å². The molecule has 2 aromatic rings. The van der Waals surface area contributed by atoms with Crippen LogP contribution in [0.4, 0.5) is 0 Å². The topological polar surface area (TPSA) is 17.1 Å². The van der Waals surface area contributed by atoms with Crippen molar-refractivity contribution in [2.24, 2.45) is 0 Å². The minimum atomic E-state index is 0.129. The average molecular weight is 240 g/mol. The van der Waals surface area contributed by atoms with E-state index in [2.05, 4.69) is 31.2 Å². The number of carbonyl (C=O) groups is 1. The third-order valence-electron chi connectivity index (χ3n) is 3.38. The number of benzene rings is 2. The molecule has 94 valence electrons. The molecule has 18 heavy (non-hydrogen) atoms. The number of aryl methyl sites for hydroxylation is 1. The molecule has 0 radical (unpaired) electrons. The fraction of sp³-hybridized carbons (Fsp3) is 0.353. The first-order chi connectivity index (χ1) is 8.70. The van der Waals surface area contributed by atoms with Gasteiger partial charge in [0.25, 0.3) is 0 Å². The van der Waals surface area contributed by atoms with Crippen molar-refractivity contribution < 1.29 is 4.79 Å². The number of unbranched alkanes of at least 4 members (excludes halogenated alkanes) is 2. The summed E-state index contributed by atoms with van der Waals surface area (Å²) in [5.41, 5.74) is 2.19. The molecular formula is C17H20O. The van der Waals surface area contributed by atoms with Crippen molar-refractivity contribution in [3.8, 4) is 0 Å². The van der Waals surface area contributed by atoms with E-state index in [0.29, 0.717) is 0 Å². The van der Waals surface area contributed by atoms with E-state index < -0.39 is 0 Å². The molecule has 0 bridgehead atoms. The van der Waals surface area contributed by atoms with Crippen molar-refractivity contribution in [1.29, 1.82) is 0 Å². The molecule has 0 aromatic heterocycles. The van der Waals surface area contributed by atoms with E-state index in [0.717, 1.165) is 17.4 Å². The highest BCUT2D eigenvalue weighted by atomic mass is 16.1. The number of hydrogen-bond acceptors (Lipinski definition) is 1. The highest BCUT2D eigenvalue weighted by Crippen LogP contribution is 2.19. The lowest BCUT2D eigenvalue weighted by Crippen LogP contribution is -1.91. The van der Waals surface area contributed by atoms with Gasteiger partial charge >= 0.3 is 0 Å². The maximum Gasteiger partial charge on any atom is 0.159 e. The molecule has 1 nitrogen and oxygen atoms in total. The Morgan fingerprint density at radius 2 is 1.72 bits per heavy atom. The largest absolute Gasteiger partial charge is 0.295 e. The Balaban J connectivity index is 2.24. The molecule has 0 heterocycles. The minimum Gasteiger partial charge on any atom is -0.295 e. The van der Waals surface area contributed by atoms with Crippen molar-refractivity contribution in [2.75, 3.05) is 0 Å². The third kappa shape index (κ3) is 2.98. The number of fused-ring (bicyclic) bond motifs is 1. The van der Waals surface area contributed by atoms with Gasteiger partial charge in [-0.3, -0.25) is 4.79 Å². The van der Waals surface area contributed by atoms with Gasteiger partial charge in [0.05, 0.1) is 0 Å². The van der Waals surface area contributed by atoms with E-state index in [1.54, 1.807) is 6.92 Å². The Bertz CT molecular complexity index is 555. The molecule has 0 fully saturated rings. The van der Waals surface area contributed by atoms with Gasteiger partial charge in [-0.05, 0) is 42.2 Å². The highest BCUT2D eigenvalue weighted by molar-refractivity contribution is 5.98. The highest BCUT2D eigenvalue weighted by Gasteiger charge is 2.02. The summed E-state index contributed by atoms with van der Waals surface area (Å²) in [6.45, 7) is 3.84. The van der Waals surface area contributed by atoms with E-state index in [1.165, 1.54) is 30.2 Å². The van der Waals surface area contributed by atoms with Gasteiger partial charge in [0.1, 0.15) is 0 Å². The van der Waals surface area contributed by atoms with Crippen LogP contribution in [0.5, 0.6) is 0 Å². The van der Waals surface area contributed by atoms with E-state index in [4.69, 9.17) is 0 Å². The zero-order chi connectivity index (χ0) is 13.0. The van der Waals surface area contributed by atoms with E-state index in [9.17, 15) is 4.79 Å². The Morgan fingerprint density at radius 1 is 1.00 bits per heavy atom. The van der Waals surface area contributed by atoms with Crippen molar-refractivity contribution >= 4 is 16.6 Å². The first-order valence-corrected chi connectivity index (χ1v) is 6.74. The first-order valence-electron chi connectivity index (χ1n) is 6.74. The maximum absolute atomic E-state index is 11.3. The molecule has 0 aliphatic heterocycles. The summed E-state index contributed by atoms with van der Waals surface area (Å²) < 4.78 is 0. The first kappa shape index (κ1) is 12.8. The van der Waals surface area contributed by atoms with Crippen molar-refractivity contribution in [2.45, 2.75) is 39.5 Å². The van der Waals surface area contributed by atoms with Crippen LogP contribution < -0.4 is 0 Å². The summed E-state index contributed by atoms with van der Waals surface area (Å²) in [4.78, 5) is 11.3. The number of Topliss-reactive ketones (excluding diaryl/α,β-unsaturated/α-hetero) is 1. The van der Waals surface area contributed by atoms with Crippen LogP contribution in [0.3, 0.4) is 0 Å². The standard InChI is InChI=1S/C17H20O/c1-3-4-5-6-14-7-8-17-12-15(13(2)18)9-10-16(17)11-14/h7-12H,3-6H2,1-2H3. The number of ketones is 1. The predicted molar refractivity (Wildman–Crippen MR) is 77.2 cm³/mol. The summed E-state index contributed by atoms with van der Waals surface area (Å²) in [5, 5.41) is 2.39. The second-order valence-corrected chi connectivity index (χ2v) is 4.91. The fourth-order valence-corrected chi connectivity index (χ4v) is 2.25. The van der Waals surface area contributed by atoms with Crippen LogP contribution in [-0.2, 0) is 6.42 Å². The molecular weight excluding hydrogens is 220 g/mol. The van der Waals surface area contributed by atoms with E-state index >= 15 is 0 Å². The number of hydrogen-bond donors (Lipinski definition) is 0. The summed E-state index contributed by atoms with van der Waals surface area (Å²) in [6.07, 6.45) is 4.96. The molecule has 0 spiro atoms. The van der Waals surface area contributed by atoms with E-state index in [1.807, 2.05) is 12.1 Å². The molecule has 2 aromatic carbocycles. The quantitative estimate of drug-likeness (QED) is 0.543. The van der Waals surface area contributed by atoms with Crippen LogP contribution in [0.2, 0.25) is 0 Å². The molecule has 0 atom stereocenters. The molecule has 0 saturated heterocycles. The smallest absolute Gasteiger partial charge is 0.159 e. The lowest BCUT2D eigenvalue weighted by Gasteiger charge is -2.05. The minimum absolute atomic E-state index is 0.129. The Kier molecular flexibility index (Phi) is 4.14. The van der Waals surface area contributed by atoms with Gasteiger partial charge in [0.2, 0.25) is 0 Å². The number of carbonyl (C=O) groups excluding carboxylic acids is 1. The Hall–Kier alpha value is -1.63. The fourth-order valence-electron chi connectivity index (χ4n) is 2.25. The molecule has 2 rings (SSSR count). The van der Waals surface area contributed by atoms with Crippen LogP contribution in [0.25, 0.3) is 10.8 Å². The monoisotopic (exact) mass is 240 g/mol. The van der Waals surface area contributed by atoms with Gasteiger partial charge in [-0.1, -0.05) is 50.1 Å². The third-order valence-corrected chi connectivity index (χ3v) is 3.38. The summed E-state index contributed by atoms with van der Waals surface area (Å²) >= 11 is 0. The molecule has 1 heteroatoms. The average Bonchev–Trinajstić information content (AvgIpc) is 2.38. The molecule has 0 aliphatic rings. The molecule has 0 amide bonds. The van der Waals surface area contributed by atoms with Crippen LogP contribution in [0.15, 0.2) is 36.4 Å². The number of rotatable bonds is 5. The van der Waals surface area contributed by atoms with Gasteiger partial charge in [0.15, 0.2) is 5.78 Å². The lowest BCUT2D eigenvalue weighted by molar-refractivity contribution is 0.101. The zero-order valence-corrected chi connectivity index (χ0v) is 11.2. The summed E-state index contributed by atoms with van der Waals surface area (Å²) in [6, 6.07) is 12.5. The molecule has 0 saturated carbocycles. The normalized spacial score (nSPS) is 10.8. The van der Waals surface area contributed by atoms with Gasteiger partial charge in [0, 0.05) is 5.56 Å². The SMILES string of the molecule is CCCCCc1ccc2cc(C(C)=O)ccc2c1. The van der Waals surface area contributed by atoms with Gasteiger partial charge in [-0.25, -0.2) is 0 Å². The molecule has 0 unspecified atom stereocenters.